The fourth-order valence-electron chi connectivity index (χ4n) is 3.70. The molecule has 6 heteroatoms. The van der Waals surface area contributed by atoms with Crippen LogP contribution in [0.4, 0.5) is 4.79 Å². The quantitative estimate of drug-likeness (QED) is 0.794. The van der Waals surface area contributed by atoms with Gasteiger partial charge in [0.1, 0.15) is 0 Å². The summed E-state index contributed by atoms with van der Waals surface area (Å²) in [7, 11) is 0. The van der Waals surface area contributed by atoms with Crippen LogP contribution in [0.3, 0.4) is 0 Å². The second-order valence-electron chi connectivity index (χ2n) is 6.10. The number of urea groups is 1. The van der Waals surface area contributed by atoms with Gasteiger partial charge in [-0.15, -0.1) is 0 Å². The summed E-state index contributed by atoms with van der Waals surface area (Å²) in [5.41, 5.74) is -0.247. The van der Waals surface area contributed by atoms with E-state index in [9.17, 15) is 9.59 Å². The standard InChI is InChI=1S/C16H29N3O3/c1-4-17(5-2)15(21)18-10-7-14(20)19(6-3)16(13-18)8-11-22-12-9-16/h4-13H2,1-3H3. The summed E-state index contributed by atoms with van der Waals surface area (Å²) in [6.07, 6.45) is 2.05. The van der Waals surface area contributed by atoms with Crippen molar-refractivity contribution in [3.63, 3.8) is 0 Å². The van der Waals surface area contributed by atoms with Crippen molar-refractivity contribution < 1.29 is 14.3 Å². The van der Waals surface area contributed by atoms with Crippen molar-refractivity contribution in [3.05, 3.63) is 0 Å². The van der Waals surface area contributed by atoms with Crippen LogP contribution in [0.5, 0.6) is 0 Å². The third kappa shape index (κ3) is 3.21. The van der Waals surface area contributed by atoms with Crippen LogP contribution in [0.2, 0.25) is 0 Å². The van der Waals surface area contributed by atoms with Gasteiger partial charge in [-0.05, 0) is 33.6 Å². The Kier molecular flexibility index (Phi) is 5.67. The number of ether oxygens (including phenoxy) is 1. The van der Waals surface area contributed by atoms with Gasteiger partial charge in [-0.2, -0.15) is 0 Å². The Morgan fingerprint density at radius 3 is 2.41 bits per heavy atom. The minimum atomic E-state index is -0.247. The largest absolute Gasteiger partial charge is 0.381 e. The lowest BCUT2D eigenvalue weighted by Crippen LogP contribution is -2.59. The van der Waals surface area contributed by atoms with E-state index in [1.165, 1.54) is 0 Å². The van der Waals surface area contributed by atoms with Gasteiger partial charge in [-0.3, -0.25) is 4.79 Å². The molecule has 22 heavy (non-hydrogen) atoms. The maximum absolute atomic E-state index is 12.7. The normalized spacial score (nSPS) is 21.9. The SMILES string of the molecule is CCN(CC)C(=O)N1CCC(=O)N(CC)C2(CCOCC2)C1. The number of carbonyl (C=O) groups is 2. The molecule has 0 bridgehead atoms. The van der Waals surface area contributed by atoms with E-state index in [1.807, 2.05) is 35.5 Å². The number of hydrogen-bond acceptors (Lipinski definition) is 3. The molecule has 0 N–H and O–H groups in total. The average Bonchev–Trinajstić information content (AvgIpc) is 2.66. The highest BCUT2D eigenvalue weighted by Gasteiger charge is 2.44. The molecule has 0 unspecified atom stereocenters. The van der Waals surface area contributed by atoms with E-state index in [0.717, 1.165) is 12.8 Å². The van der Waals surface area contributed by atoms with E-state index in [4.69, 9.17) is 4.74 Å². The first-order valence-electron chi connectivity index (χ1n) is 8.50. The van der Waals surface area contributed by atoms with Crippen molar-refractivity contribution in [2.45, 2.75) is 45.6 Å². The Hall–Kier alpha value is -1.30. The Morgan fingerprint density at radius 1 is 1.23 bits per heavy atom. The highest BCUT2D eigenvalue weighted by molar-refractivity contribution is 5.80. The molecular weight excluding hydrogens is 282 g/mol. The molecule has 0 aromatic rings. The highest BCUT2D eigenvalue weighted by atomic mass is 16.5. The van der Waals surface area contributed by atoms with Gasteiger partial charge in [0.05, 0.1) is 5.54 Å². The number of carbonyl (C=O) groups excluding carboxylic acids is 2. The molecule has 0 aromatic heterocycles. The molecule has 0 atom stereocenters. The zero-order valence-corrected chi connectivity index (χ0v) is 14.1. The second-order valence-corrected chi connectivity index (χ2v) is 6.10. The number of rotatable bonds is 3. The molecule has 3 amide bonds. The van der Waals surface area contributed by atoms with Crippen LogP contribution in [0.25, 0.3) is 0 Å². The lowest BCUT2D eigenvalue weighted by Gasteiger charge is -2.46. The highest BCUT2D eigenvalue weighted by Crippen LogP contribution is 2.32. The molecule has 0 aliphatic carbocycles. The Bertz CT molecular complexity index is 403. The second kappa shape index (κ2) is 7.31. The fraction of sp³-hybridized carbons (Fsp3) is 0.875. The Labute approximate surface area is 133 Å². The van der Waals surface area contributed by atoms with Crippen LogP contribution in [-0.2, 0) is 9.53 Å². The van der Waals surface area contributed by atoms with Gasteiger partial charge >= 0.3 is 6.03 Å². The maximum Gasteiger partial charge on any atom is 0.320 e. The van der Waals surface area contributed by atoms with Gasteiger partial charge in [0.15, 0.2) is 0 Å². The van der Waals surface area contributed by atoms with Crippen LogP contribution < -0.4 is 0 Å². The average molecular weight is 311 g/mol. The zero-order chi connectivity index (χ0) is 16.2. The van der Waals surface area contributed by atoms with E-state index >= 15 is 0 Å². The monoisotopic (exact) mass is 311 g/mol. The first-order chi connectivity index (χ1) is 10.6. The van der Waals surface area contributed by atoms with Gasteiger partial charge in [0.2, 0.25) is 5.91 Å². The van der Waals surface area contributed by atoms with Gasteiger partial charge in [-0.25, -0.2) is 4.79 Å². The van der Waals surface area contributed by atoms with E-state index in [2.05, 4.69) is 0 Å². The lowest BCUT2D eigenvalue weighted by atomic mass is 9.87. The molecule has 2 rings (SSSR count). The molecule has 2 aliphatic heterocycles. The van der Waals surface area contributed by atoms with E-state index in [1.54, 1.807) is 0 Å². The zero-order valence-electron chi connectivity index (χ0n) is 14.1. The molecular formula is C16H29N3O3. The van der Waals surface area contributed by atoms with E-state index < -0.39 is 0 Å². The molecule has 2 fully saturated rings. The number of nitrogens with zero attached hydrogens (tertiary/aromatic N) is 3. The van der Waals surface area contributed by atoms with Crippen molar-refractivity contribution in [3.8, 4) is 0 Å². The molecule has 0 radical (unpaired) electrons. The van der Waals surface area contributed by atoms with Crippen molar-refractivity contribution in [1.29, 1.82) is 0 Å². The topological polar surface area (TPSA) is 53.1 Å². The molecule has 1 spiro atoms. The van der Waals surface area contributed by atoms with Crippen LogP contribution in [0.1, 0.15) is 40.0 Å². The predicted molar refractivity (Wildman–Crippen MR) is 84.7 cm³/mol. The molecule has 126 valence electrons. The first-order valence-corrected chi connectivity index (χ1v) is 8.50. The van der Waals surface area contributed by atoms with Gasteiger partial charge in [-0.1, -0.05) is 0 Å². The lowest BCUT2D eigenvalue weighted by molar-refractivity contribution is -0.139. The van der Waals surface area contributed by atoms with Crippen molar-refractivity contribution in [2.24, 2.45) is 0 Å². The summed E-state index contributed by atoms with van der Waals surface area (Å²) in [6.45, 7) is 10.6. The molecule has 0 aromatic carbocycles. The molecule has 2 heterocycles. The van der Waals surface area contributed by atoms with E-state index in [0.29, 0.717) is 52.4 Å². The van der Waals surface area contributed by atoms with Gasteiger partial charge in [0.25, 0.3) is 0 Å². The minimum Gasteiger partial charge on any atom is -0.381 e. The summed E-state index contributed by atoms with van der Waals surface area (Å²) < 4.78 is 5.50. The fourth-order valence-corrected chi connectivity index (χ4v) is 3.70. The third-order valence-corrected chi connectivity index (χ3v) is 5.00. The van der Waals surface area contributed by atoms with Crippen molar-refractivity contribution in [2.75, 3.05) is 45.9 Å². The predicted octanol–water partition coefficient (Wildman–Crippen LogP) is 1.55. The van der Waals surface area contributed by atoms with Gasteiger partial charge < -0.3 is 19.4 Å². The number of likely N-dealkylation sites (N-methyl/N-ethyl adjacent to an activating group) is 1. The van der Waals surface area contributed by atoms with E-state index in [-0.39, 0.29) is 17.5 Å². The number of hydrogen-bond donors (Lipinski definition) is 0. The maximum atomic E-state index is 12.7. The Morgan fingerprint density at radius 2 is 1.86 bits per heavy atom. The molecule has 0 saturated carbocycles. The summed E-state index contributed by atoms with van der Waals surface area (Å²) in [4.78, 5) is 31.0. The summed E-state index contributed by atoms with van der Waals surface area (Å²) in [5.74, 6) is 0.166. The molecule has 2 saturated heterocycles. The van der Waals surface area contributed by atoms with Crippen molar-refractivity contribution in [1.82, 2.24) is 14.7 Å². The van der Waals surface area contributed by atoms with Crippen molar-refractivity contribution >= 4 is 11.9 Å². The van der Waals surface area contributed by atoms with Gasteiger partial charge in [0, 0.05) is 52.4 Å². The number of amides is 3. The molecule has 2 aliphatic rings. The minimum absolute atomic E-state index is 0.0571. The summed E-state index contributed by atoms with van der Waals surface area (Å²) in [5, 5.41) is 0. The summed E-state index contributed by atoms with van der Waals surface area (Å²) >= 11 is 0. The van der Waals surface area contributed by atoms with Crippen LogP contribution in [0, 0.1) is 0 Å². The molecule has 6 nitrogen and oxygen atoms in total. The first kappa shape index (κ1) is 17.1. The smallest absolute Gasteiger partial charge is 0.320 e. The third-order valence-electron chi connectivity index (χ3n) is 5.00. The Balaban J connectivity index is 2.24. The summed E-state index contributed by atoms with van der Waals surface area (Å²) in [6, 6.07) is 0.0571. The van der Waals surface area contributed by atoms with Crippen LogP contribution in [-0.4, -0.2) is 78.1 Å². The van der Waals surface area contributed by atoms with Crippen LogP contribution in [0.15, 0.2) is 0 Å². The van der Waals surface area contributed by atoms with Crippen LogP contribution >= 0.6 is 0 Å².